The number of hydrogen-bond acceptors (Lipinski definition) is 21. The molecule has 3 aliphatic carbocycles. The molecule has 7 rings (SSSR count). The summed E-state index contributed by atoms with van der Waals surface area (Å²) >= 11 is 0. The Balaban J connectivity index is 0.000000328. The van der Waals surface area contributed by atoms with E-state index >= 15 is 0 Å². The number of methoxy groups -OCH3 is 1. The molecule has 1 aromatic rings. The second kappa shape index (κ2) is 37.0. The molecule has 5 fully saturated rings. The smallest absolute Gasteiger partial charge is 0.397 e. The van der Waals surface area contributed by atoms with E-state index in [0.29, 0.717) is 42.8 Å². The van der Waals surface area contributed by atoms with Gasteiger partial charge in [0, 0.05) is 49.5 Å². The number of phenols is 1. The van der Waals surface area contributed by atoms with Crippen molar-refractivity contribution in [1.29, 1.82) is 0 Å². The summed E-state index contributed by atoms with van der Waals surface area (Å²) in [5, 5.41) is 56.3. The van der Waals surface area contributed by atoms with E-state index < -0.39 is 124 Å². The molecule has 22 nitrogen and oxygen atoms in total. The van der Waals surface area contributed by atoms with Crippen molar-refractivity contribution in [2.75, 3.05) is 27.8 Å². The zero-order valence-electron chi connectivity index (χ0n) is 61.1. The van der Waals surface area contributed by atoms with Crippen LogP contribution in [0.25, 0.3) is 0 Å². The second-order valence-electron chi connectivity index (χ2n) is 30.0. The first kappa shape index (κ1) is 83.2. The lowest BCUT2D eigenvalue weighted by Crippen LogP contribution is -2.61. The standard InChI is InChI=1S/C40H71NO14.C21H28O3.C12H26O4S/c1-15-27-40(11,48)33(44)22(5)30(43)20(3)18-38(9,47)35(55-37-32(53-28(42)16-2)26(41(12)13)17-21(4)50-37)23(6)31(24(7)36(46)52-27)54-29-19-39(10,49-14)34(45)25(8)51-29;1-3-20(23)24-19-9-8-18-17-6-4-13-12-14(22)5-7-15(13)16(17)10-11-21(18,19)2;1-2-3-4-5-6-7-8-9-10-11-12-16-17(13,14)15/h20-27,29,31-35,37,44-45,47-48H,15-19H2,1-14H3;5,7,12,16-19,22H,3-4,6,8-11H2,1-2H3;2-12H2,1H3,(H,13,14,15). The quantitative estimate of drug-likeness (QED) is 0.0257. The summed E-state index contributed by atoms with van der Waals surface area (Å²) in [6.07, 6.45) is 9.55. The number of aliphatic hydroxyl groups is 4. The van der Waals surface area contributed by atoms with Gasteiger partial charge in [-0.15, -0.1) is 0 Å². The third-order valence-electron chi connectivity index (χ3n) is 22.3. The van der Waals surface area contributed by atoms with Crippen LogP contribution in [0.1, 0.15) is 249 Å². The highest BCUT2D eigenvalue weighted by atomic mass is 32.3. The van der Waals surface area contributed by atoms with Crippen molar-refractivity contribution in [3.8, 4) is 5.75 Å². The molecule has 3 aliphatic heterocycles. The molecule has 23 atom stereocenters. The van der Waals surface area contributed by atoms with Crippen LogP contribution in [0.15, 0.2) is 18.2 Å². The van der Waals surface area contributed by atoms with E-state index in [1.807, 2.05) is 45.0 Å². The van der Waals surface area contributed by atoms with Gasteiger partial charge in [-0.3, -0.25) is 23.7 Å². The lowest BCUT2D eigenvalue weighted by molar-refractivity contribution is -0.319. The zero-order chi connectivity index (χ0) is 71.8. The number of aliphatic hydroxyl groups excluding tert-OH is 2. The Morgan fingerprint density at radius 1 is 0.750 bits per heavy atom. The van der Waals surface area contributed by atoms with Crippen LogP contribution < -0.4 is 0 Å². The topological polar surface area (TPSA) is 310 Å². The maximum absolute atomic E-state index is 14.2. The highest BCUT2D eigenvalue weighted by Gasteiger charge is 2.58. The van der Waals surface area contributed by atoms with Gasteiger partial charge in [0.15, 0.2) is 18.7 Å². The van der Waals surface area contributed by atoms with Gasteiger partial charge in [0.25, 0.3) is 0 Å². The van der Waals surface area contributed by atoms with Crippen molar-refractivity contribution in [3.05, 3.63) is 29.3 Å². The van der Waals surface area contributed by atoms with Crippen LogP contribution in [-0.4, -0.2) is 185 Å². The number of cyclic esters (lactones) is 1. The van der Waals surface area contributed by atoms with E-state index in [1.54, 1.807) is 48.5 Å². The van der Waals surface area contributed by atoms with Crippen molar-refractivity contribution in [2.45, 2.75) is 334 Å². The summed E-state index contributed by atoms with van der Waals surface area (Å²) in [6.45, 7) is 24.5. The molecule has 2 saturated carbocycles. The Hall–Kier alpha value is -3.43. The first-order valence-electron chi connectivity index (χ1n) is 36.2. The number of benzene rings is 1. The summed E-state index contributed by atoms with van der Waals surface area (Å²) < 4.78 is 82.4. The van der Waals surface area contributed by atoms with E-state index in [0.717, 1.165) is 32.1 Å². The van der Waals surface area contributed by atoms with Crippen LogP contribution in [-0.2, 0) is 78.1 Å². The van der Waals surface area contributed by atoms with Gasteiger partial charge in [0.1, 0.15) is 35.4 Å². The summed E-state index contributed by atoms with van der Waals surface area (Å²) in [7, 11) is 0.973. The number of ketones is 1. The molecule has 554 valence electrons. The largest absolute Gasteiger partial charge is 0.508 e. The van der Waals surface area contributed by atoms with Crippen molar-refractivity contribution in [3.63, 3.8) is 0 Å². The number of Topliss-reactive ketones (excluding diaryl/α,β-unsaturated/α-hetero) is 1. The minimum absolute atomic E-state index is 0.0477. The van der Waals surface area contributed by atoms with Crippen LogP contribution in [0, 0.1) is 40.9 Å². The van der Waals surface area contributed by atoms with E-state index in [-0.39, 0.29) is 61.9 Å². The van der Waals surface area contributed by atoms with E-state index in [2.05, 4.69) is 24.1 Å². The Morgan fingerprint density at radius 3 is 1.95 bits per heavy atom. The van der Waals surface area contributed by atoms with Gasteiger partial charge in [-0.2, -0.15) is 8.42 Å². The SMILES string of the molecule is CCC(=O)OC1C(OC2C(C)C(OC3CC(C)(OC)C(O)C(C)O3)C(C)C(=O)OC(CC)C(C)(O)C(O)C(C)C(=O)C(C)CC2(C)O)OC(C)CC1N(C)C.CCC(=O)OC1CCC2C3CCc4cc(O)ccc4C3CCC12C.CCCCCCCCCCCCOS(=O)(=O)O. The second-order valence-corrected chi connectivity index (χ2v) is 31.1. The highest BCUT2D eigenvalue weighted by Crippen LogP contribution is 2.62. The molecular weight excluding hydrogens is 1260 g/mol. The third kappa shape index (κ3) is 21.8. The number of likely N-dealkylation sites (N-methyl/N-ethyl adjacent to an activating group) is 1. The molecular formula is C73H125NO21S. The minimum Gasteiger partial charge on any atom is -0.508 e. The third-order valence-corrected chi connectivity index (χ3v) is 22.7. The summed E-state index contributed by atoms with van der Waals surface area (Å²) in [4.78, 5) is 54.7. The number of esters is 3. The van der Waals surface area contributed by atoms with Gasteiger partial charge in [-0.1, -0.05) is 119 Å². The molecule has 6 N–H and O–H groups in total. The van der Waals surface area contributed by atoms with Crippen LogP contribution in [0.2, 0.25) is 0 Å². The van der Waals surface area contributed by atoms with Crippen LogP contribution in [0.5, 0.6) is 5.75 Å². The van der Waals surface area contributed by atoms with Gasteiger partial charge in [-0.25, -0.2) is 4.18 Å². The normalized spacial score (nSPS) is 38.3. The number of phenolic OH excluding ortho intramolecular Hbond substituents is 1. The predicted molar refractivity (Wildman–Crippen MR) is 363 cm³/mol. The molecule has 23 unspecified atom stereocenters. The van der Waals surface area contributed by atoms with Gasteiger partial charge >= 0.3 is 28.3 Å². The van der Waals surface area contributed by atoms with Crippen LogP contribution in [0.4, 0.5) is 0 Å². The fourth-order valence-corrected chi connectivity index (χ4v) is 16.8. The molecule has 0 bridgehead atoms. The monoisotopic (exact) mass is 1380 g/mol. The number of nitrogens with zero attached hydrogens (tertiary/aromatic N) is 1. The Bertz CT molecular complexity index is 2710. The number of unbranched alkanes of at least 4 members (excludes halogenated alkanes) is 9. The first-order chi connectivity index (χ1) is 44.9. The number of fused-ring (bicyclic) bond motifs is 5. The van der Waals surface area contributed by atoms with Crippen LogP contribution >= 0.6 is 0 Å². The maximum atomic E-state index is 14.2. The van der Waals surface area contributed by atoms with Gasteiger partial charge in [0.2, 0.25) is 0 Å². The van der Waals surface area contributed by atoms with Crippen LogP contribution in [0.3, 0.4) is 0 Å². The van der Waals surface area contributed by atoms with Crippen molar-refractivity contribution in [1.82, 2.24) is 4.90 Å². The Morgan fingerprint density at radius 2 is 1.36 bits per heavy atom. The molecule has 0 spiro atoms. The molecule has 0 radical (unpaired) electrons. The van der Waals surface area contributed by atoms with E-state index in [1.165, 1.54) is 103 Å². The molecule has 3 saturated heterocycles. The first-order valence-corrected chi connectivity index (χ1v) is 37.5. The summed E-state index contributed by atoms with van der Waals surface area (Å²) in [5.41, 5.74) is -1.97. The molecule has 3 heterocycles. The summed E-state index contributed by atoms with van der Waals surface area (Å²) in [6, 6.07) is 5.63. The number of rotatable bonds is 23. The fraction of sp³-hybridized carbons (Fsp3) is 0.863. The lowest BCUT2D eigenvalue weighted by Gasteiger charge is -2.50. The molecule has 96 heavy (non-hydrogen) atoms. The summed E-state index contributed by atoms with van der Waals surface area (Å²) in [5.74, 6) is -3.27. The molecule has 1 aromatic carbocycles. The fourth-order valence-electron chi connectivity index (χ4n) is 16.5. The number of ether oxygens (including phenoxy) is 8. The number of carbonyl (C=O) groups excluding carboxylic acids is 4. The Labute approximate surface area is 574 Å². The van der Waals surface area contributed by atoms with Crippen molar-refractivity contribution >= 4 is 34.1 Å². The van der Waals surface area contributed by atoms with Gasteiger partial charge < -0.3 is 68.3 Å². The number of hydrogen-bond donors (Lipinski definition) is 6. The number of aryl methyl sites for hydroxylation is 1. The minimum atomic E-state index is -4.23. The molecule has 0 amide bonds. The number of aromatic hydroxyl groups is 1. The average Bonchev–Trinajstić information content (AvgIpc) is 1.50. The maximum Gasteiger partial charge on any atom is 0.397 e. The van der Waals surface area contributed by atoms with E-state index in [4.69, 9.17) is 42.4 Å². The average molecular weight is 1380 g/mol. The zero-order valence-corrected chi connectivity index (χ0v) is 61.9. The molecule has 0 aromatic heterocycles. The predicted octanol–water partition coefficient (Wildman–Crippen LogP) is 11.0. The molecule has 23 heteroatoms. The van der Waals surface area contributed by atoms with E-state index in [9.17, 15) is 53.1 Å². The number of carbonyl (C=O) groups is 4. The highest BCUT2D eigenvalue weighted by molar-refractivity contribution is 7.80. The van der Waals surface area contributed by atoms with Crippen molar-refractivity contribution < 1.29 is 99.8 Å². The lowest BCUT2D eigenvalue weighted by atomic mass is 9.55. The van der Waals surface area contributed by atoms with Crippen molar-refractivity contribution in [2.24, 2.45) is 40.9 Å². The molecule has 6 aliphatic rings. The van der Waals surface area contributed by atoms with Gasteiger partial charge in [0.05, 0.1) is 60.3 Å². The Kier molecular flexibility index (Phi) is 32.0. The van der Waals surface area contributed by atoms with Gasteiger partial charge in [-0.05, 0) is 161 Å².